The van der Waals surface area contributed by atoms with Gasteiger partial charge in [0.15, 0.2) is 0 Å². The molecular formula is C9H11BrN4S. The number of hydrogen-bond acceptors (Lipinski definition) is 4. The van der Waals surface area contributed by atoms with Crippen LogP contribution in [0.3, 0.4) is 0 Å². The number of aryl methyl sites for hydroxylation is 1. The quantitative estimate of drug-likeness (QED) is 0.934. The maximum atomic E-state index is 3.87. The summed E-state index contributed by atoms with van der Waals surface area (Å²) < 4.78 is 2.94. The van der Waals surface area contributed by atoms with E-state index in [1.165, 1.54) is 8.66 Å². The van der Waals surface area contributed by atoms with Crippen LogP contribution in [0, 0.1) is 0 Å². The van der Waals surface area contributed by atoms with Crippen molar-refractivity contribution in [2.45, 2.75) is 13.1 Å². The van der Waals surface area contributed by atoms with Crippen molar-refractivity contribution in [2.75, 3.05) is 0 Å². The first-order chi connectivity index (χ1) is 7.25. The van der Waals surface area contributed by atoms with Gasteiger partial charge in [-0.2, -0.15) is 0 Å². The van der Waals surface area contributed by atoms with Crippen LogP contribution < -0.4 is 5.32 Å². The van der Waals surface area contributed by atoms with E-state index in [0.717, 1.165) is 18.8 Å². The molecule has 0 atom stereocenters. The predicted molar refractivity (Wildman–Crippen MR) is 63.6 cm³/mol. The lowest BCUT2D eigenvalue weighted by molar-refractivity contribution is 0.619. The summed E-state index contributed by atoms with van der Waals surface area (Å²) in [7, 11) is 1.89. The Kier molecular flexibility index (Phi) is 3.50. The third kappa shape index (κ3) is 2.87. The van der Waals surface area contributed by atoms with E-state index >= 15 is 0 Å². The van der Waals surface area contributed by atoms with E-state index in [1.54, 1.807) is 22.2 Å². The molecule has 2 rings (SSSR count). The molecule has 15 heavy (non-hydrogen) atoms. The van der Waals surface area contributed by atoms with Crippen LogP contribution in [-0.2, 0) is 20.1 Å². The van der Waals surface area contributed by atoms with Crippen molar-refractivity contribution >= 4 is 27.3 Å². The molecule has 6 heteroatoms. The highest BCUT2D eigenvalue weighted by atomic mass is 79.9. The molecule has 0 amide bonds. The number of thiophene rings is 1. The molecule has 0 unspecified atom stereocenters. The van der Waals surface area contributed by atoms with E-state index < -0.39 is 0 Å². The van der Waals surface area contributed by atoms with Crippen LogP contribution in [0.2, 0.25) is 0 Å². The second kappa shape index (κ2) is 4.87. The van der Waals surface area contributed by atoms with Crippen molar-refractivity contribution < 1.29 is 0 Å². The highest BCUT2D eigenvalue weighted by Crippen LogP contribution is 2.21. The smallest absolute Gasteiger partial charge is 0.0738 e. The van der Waals surface area contributed by atoms with Gasteiger partial charge in [0.1, 0.15) is 0 Å². The predicted octanol–water partition coefficient (Wildman–Crippen LogP) is 1.93. The Morgan fingerprint density at radius 2 is 2.33 bits per heavy atom. The summed E-state index contributed by atoms with van der Waals surface area (Å²) in [6, 6.07) is 4.18. The SMILES string of the molecule is Cn1nncc1CNCc1ccc(Br)s1. The first kappa shape index (κ1) is 10.8. The molecule has 80 valence electrons. The van der Waals surface area contributed by atoms with Crippen LogP contribution in [0.1, 0.15) is 10.6 Å². The minimum atomic E-state index is 0.791. The summed E-state index contributed by atoms with van der Waals surface area (Å²) in [5.41, 5.74) is 1.09. The molecule has 0 bridgehead atoms. The van der Waals surface area contributed by atoms with Gasteiger partial charge in [0.05, 0.1) is 15.7 Å². The lowest BCUT2D eigenvalue weighted by Gasteiger charge is -2.02. The molecule has 0 aliphatic heterocycles. The molecule has 1 N–H and O–H groups in total. The fourth-order valence-electron chi connectivity index (χ4n) is 1.23. The van der Waals surface area contributed by atoms with E-state index in [4.69, 9.17) is 0 Å². The average Bonchev–Trinajstić information content (AvgIpc) is 2.77. The summed E-state index contributed by atoms with van der Waals surface area (Å²) in [5, 5.41) is 11.0. The first-order valence-corrected chi connectivity index (χ1v) is 6.15. The average molecular weight is 287 g/mol. The summed E-state index contributed by atoms with van der Waals surface area (Å²) in [6.07, 6.45) is 1.78. The van der Waals surface area contributed by atoms with Crippen molar-refractivity contribution in [3.8, 4) is 0 Å². The number of halogens is 1. The monoisotopic (exact) mass is 286 g/mol. The molecule has 4 nitrogen and oxygen atoms in total. The second-order valence-electron chi connectivity index (χ2n) is 3.16. The number of aromatic nitrogens is 3. The molecule has 0 saturated heterocycles. The summed E-state index contributed by atoms with van der Waals surface area (Å²) in [4.78, 5) is 1.32. The topological polar surface area (TPSA) is 42.7 Å². The molecule has 2 aromatic rings. The van der Waals surface area contributed by atoms with Gasteiger partial charge >= 0.3 is 0 Å². The van der Waals surface area contributed by atoms with E-state index in [0.29, 0.717) is 0 Å². The summed E-state index contributed by atoms with van der Waals surface area (Å²) >= 11 is 5.19. The maximum Gasteiger partial charge on any atom is 0.0738 e. The zero-order chi connectivity index (χ0) is 10.7. The standard InChI is InChI=1S/C9H11BrN4S/c1-14-7(5-12-13-14)4-11-6-8-2-3-9(10)15-8/h2-3,5,11H,4,6H2,1H3. The van der Waals surface area contributed by atoms with Crippen molar-refractivity contribution in [3.05, 3.63) is 32.7 Å². The minimum absolute atomic E-state index is 0.791. The van der Waals surface area contributed by atoms with Gasteiger partial charge in [0.25, 0.3) is 0 Å². The molecule has 0 aliphatic carbocycles. The van der Waals surface area contributed by atoms with Gasteiger partial charge < -0.3 is 5.32 Å². The van der Waals surface area contributed by atoms with Gasteiger partial charge in [0.2, 0.25) is 0 Å². The molecule has 0 spiro atoms. The van der Waals surface area contributed by atoms with Crippen molar-refractivity contribution in [3.63, 3.8) is 0 Å². The van der Waals surface area contributed by atoms with Crippen LogP contribution in [0.5, 0.6) is 0 Å². The normalized spacial score (nSPS) is 10.8. The van der Waals surface area contributed by atoms with Gasteiger partial charge in [-0.05, 0) is 28.1 Å². The lowest BCUT2D eigenvalue weighted by Crippen LogP contribution is -2.14. The van der Waals surface area contributed by atoms with Crippen LogP contribution in [0.4, 0.5) is 0 Å². The fraction of sp³-hybridized carbons (Fsp3) is 0.333. The van der Waals surface area contributed by atoms with Gasteiger partial charge in [0, 0.05) is 25.0 Å². The number of nitrogens with one attached hydrogen (secondary N) is 1. The Hall–Kier alpha value is -0.720. The van der Waals surface area contributed by atoms with E-state index in [2.05, 4.69) is 43.7 Å². The van der Waals surface area contributed by atoms with E-state index in [9.17, 15) is 0 Å². The van der Waals surface area contributed by atoms with E-state index in [-0.39, 0.29) is 0 Å². The zero-order valence-corrected chi connectivity index (χ0v) is 10.7. The fourth-order valence-corrected chi connectivity index (χ4v) is 2.68. The third-order valence-corrected chi connectivity index (χ3v) is 3.67. The van der Waals surface area contributed by atoms with Gasteiger partial charge in [-0.25, -0.2) is 0 Å². The summed E-state index contributed by atoms with van der Waals surface area (Å²) in [6.45, 7) is 1.67. The van der Waals surface area contributed by atoms with Gasteiger partial charge in [-0.3, -0.25) is 4.68 Å². The number of hydrogen-bond donors (Lipinski definition) is 1. The first-order valence-electron chi connectivity index (χ1n) is 4.54. The molecule has 0 aromatic carbocycles. The van der Waals surface area contributed by atoms with Crippen LogP contribution >= 0.6 is 27.3 Å². The Balaban J connectivity index is 1.83. The highest BCUT2D eigenvalue weighted by Gasteiger charge is 2.00. The van der Waals surface area contributed by atoms with Crippen molar-refractivity contribution in [2.24, 2.45) is 7.05 Å². The van der Waals surface area contributed by atoms with Crippen LogP contribution in [0.25, 0.3) is 0 Å². The molecular weight excluding hydrogens is 276 g/mol. The minimum Gasteiger partial charge on any atom is -0.306 e. The molecule has 0 fully saturated rings. The second-order valence-corrected chi connectivity index (χ2v) is 5.71. The molecule has 0 saturated carbocycles. The van der Waals surface area contributed by atoms with Gasteiger partial charge in [-0.15, -0.1) is 16.4 Å². The Morgan fingerprint density at radius 3 is 2.93 bits per heavy atom. The Labute approximate surface area is 100 Å². The van der Waals surface area contributed by atoms with Crippen LogP contribution in [-0.4, -0.2) is 15.0 Å². The third-order valence-electron chi connectivity index (χ3n) is 2.04. The van der Waals surface area contributed by atoms with Crippen molar-refractivity contribution in [1.29, 1.82) is 0 Å². The molecule has 0 aliphatic rings. The molecule has 2 heterocycles. The molecule has 2 aromatic heterocycles. The van der Waals surface area contributed by atoms with E-state index in [1.807, 2.05) is 7.05 Å². The lowest BCUT2D eigenvalue weighted by atomic mass is 10.4. The maximum absolute atomic E-state index is 3.87. The number of nitrogens with zero attached hydrogens (tertiary/aromatic N) is 3. The Bertz CT molecular complexity index is 437. The molecule has 0 radical (unpaired) electrons. The number of rotatable bonds is 4. The highest BCUT2D eigenvalue weighted by molar-refractivity contribution is 9.11. The Morgan fingerprint density at radius 1 is 1.47 bits per heavy atom. The zero-order valence-electron chi connectivity index (χ0n) is 8.27. The largest absolute Gasteiger partial charge is 0.306 e. The summed E-state index contributed by atoms with van der Waals surface area (Å²) in [5.74, 6) is 0. The van der Waals surface area contributed by atoms with Gasteiger partial charge in [-0.1, -0.05) is 5.21 Å². The van der Waals surface area contributed by atoms with Crippen LogP contribution in [0.15, 0.2) is 22.1 Å². The van der Waals surface area contributed by atoms with Crippen molar-refractivity contribution in [1.82, 2.24) is 20.3 Å².